The lowest BCUT2D eigenvalue weighted by Gasteiger charge is -2.30. The van der Waals surface area contributed by atoms with Crippen molar-refractivity contribution in [1.82, 2.24) is 9.88 Å². The fraction of sp³-hybridized carbons (Fsp3) is 0.412. The number of anilines is 1. The van der Waals surface area contributed by atoms with E-state index in [2.05, 4.69) is 5.32 Å². The minimum atomic E-state index is -1.52. The van der Waals surface area contributed by atoms with E-state index in [9.17, 15) is 23.5 Å². The molecule has 0 spiro atoms. The monoisotopic (exact) mass is 367 g/mol. The van der Waals surface area contributed by atoms with Crippen molar-refractivity contribution in [3.05, 3.63) is 39.7 Å². The van der Waals surface area contributed by atoms with Gasteiger partial charge < -0.3 is 19.9 Å². The number of nitrogens with zero attached hydrogens (tertiary/aromatic N) is 2. The van der Waals surface area contributed by atoms with Gasteiger partial charge in [-0.1, -0.05) is 0 Å². The number of aromatic nitrogens is 1. The largest absolute Gasteiger partial charge is 0.477 e. The van der Waals surface area contributed by atoms with Crippen LogP contribution in [-0.4, -0.2) is 48.0 Å². The number of carboxylic acids is 1. The molecule has 0 unspecified atom stereocenters. The van der Waals surface area contributed by atoms with E-state index in [1.54, 1.807) is 0 Å². The lowest BCUT2D eigenvalue weighted by molar-refractivity contribution is 0.0694. The van der Waals surface area contributed by atoms with E-state index in [0.717, 1.165) is 16.8 Å². The van der Waals surface area contributed by atoms with Gasteiger partial charge in [-0.05, 0) is 6.07 Å². The average molecular weight is 367 g/mol. The molecule has 1 aliphatic heterocycles. The maximum Gasteiger partial charge on any atom is 0.341 e. The average Bonchev–Trinajstić information content (AvgIpc) is 3.33. The van der Waals surface area contributed by atoms with Crippen molar-refractivity contribution in [3.8, 4) is 0 Å². The lowest BCUT2D eigenvalue weighted by Crippen LogP contribution is -2.44. The zero-order chi connectivity index (χ0) is 18.6. The second-order valence-electron chi connectivity index (χ2n) is 6.56. The third-order valence-electron chi connectivity index (χ3n) is 4.89. The summed E-state index contributed by atoms with van der Waals surface area (Å²) >= 11 is 0. The SMILES string of the molecule is O=C(O)c1cn([C@@H]2C[C@H]2F)c2c(F)c(N3CCNCC3)c(F)cc2c1=O. The predicted molar refractivity (Wildman–Crippen MR) is 88.7 cm³/mol. The molecule has 2 atom stereocenters. The number of pyridine rings is 1. The molecule has 1 saturated carbocycles. The van der Waals surface area contributed by atoms with Crippen molar-refractivity contribution in [2.75, 3.05) is 31.1 Å². The molecule has 2 heterocycles. The summed E-state index contributed by atoms with van der Waals surface area (Å²) in [5.41, 5.74) is -2.14. The topological polar surface area (TPSA) is 74.6 Å². The highest BCUT2D eigenvalue weighted by molar-refractivity contribution is 5.94. The van der Waals surface area contributed by atoms with Gasteiger partial charge >= 0.3 is 5.97 Å². The summed E-state index contributed by atoms with van der Waals surface area (Å²) in [4.78, 5) is 25.2. The van der Waals surface area contributed by atoms with Crippen LogP contribution < -0.4 is 15.6 Å². The molecule has 0 bridgehead atoms. The fourth-order valence-electron chi connectivity index (χ4n) is 3.46. The van der Waals surface area contributed by atoms with Crippen LogP contribution in [0.1, 0.15) is 22.8 Å². The highest BCUT2D eigenvalue weighted by atomic mass is 19.1. The van der Waals surface area contributed by atoms with Crippen LogP contribution in [0.2, 0.25) is 0 Å². The molecule has 1 aliphatic carbocycles. The third-order valence-corrected chi connectivity index (χ3v) is 4.89. The Balaban J connectivity index is 2.02. The number of carbonyl (C=O) groups is 1. The summed E-state index contributed by atoms with van der Waals surface area (Å²) in [5, 5.41) is 11.9. The first kappa shape index (κ1) is 16.9. The molecule has 26 heavy (non-hydrogen) atoms. The first-order valence-corrected chi connectivity index (χ1v) is 8.30. The second kappa shape index (κ2) is 6.01. The number of aromatic carboxylic acids is 1. The smallest absolute Gasteiger partial charge is 0.341 e. The van der Waals surface area contributed by atoms with Crippen LogP contribution in [-0.2, 0) is 0 Å². The lowest BCUT2D eigenvalue weighted by atomic mass is 10.1. The van der Waals surface area contributed by atoms with Crippen molar-refractivity contribution in [2.45, 2.75) is 18.6 Å². The minimum Gasteiger partial charge on any atom is -0.477 e. The van der Waals surface area contributed by atoms with Gasteiger partial charge in [-0.15, -0.1) is 0 Å². The number of halogens is 3. The molecular formula is C17H16F3N3O3. The first-order chi connectivity index (χ1) is 12.4. The van der Waals surface area contributed by atoms with Gasteiger partial charge in [-0.2, -0.15) is 0 Å². The molecule has 2 N–H and O–H groups in total. The Morgan fingerprint density at radius 2 is 1.92 bits per heavy atom. The highest BCUT2D eigenvalue weighted by Gasteiger charge is 2.41. The maximum atomic E-state index is 15.3. The molecule has 2 fully saturated rings. The van der Waals surface area contributed by atoms with E-state index in [1.165, 1.54) is 4.90 Å². The summed E-state index contributed by atoms with van der Waals surface area (Å²) in [5.74, 6) is -3.42. The molecule has 2 aliphatic rings. The number of alkyl halides is 1. The van der Waals surface area contributed by atoms with Crippen LogP contribution in [0.5, 0.6) is 0 Å². The van der Waals surface area contributed by atoms with E-state index >= 15 is 4.39 Å². The molecule has 1 aromatic heterocycles. The quantitative estimate of drug-likeness (QED) is 0.863. The van der Waals surface area contributed by atoms with Crippen molar-refractivity contribution in [1.29, 1.82) is 0 Å². The Morgan fingerprint density at radius 1 is 1.27 bits per heavy atom. The number of rotatable bonds is 3. The van der Waals surface area contributed by atoms with Crippen molar-refractivity contribution < 1.29 is 23.1 Å². The minimum absolute atomic E-state index is 0.0941. The summed E-state index contributed by atoms with van der Waals surface area (Å²) in [7, 11) is 0. The van der Waals surface area contributed by atoms with Gasteiger partial charge in [-0.3, -0.25) is 4.79 Å². The molecule has 1 aromatic carbocycles. The Labute approximate surface area is 145 Å². The summed E-state index contributed by atoms with van der Waals surface area (Å²) in [6.45, 7) is 1.87. The highest BCUT2D eigenvalue weighted by Crippen LogP contribution is 2.42. The molecule has 4 rings (SSSR count). The Bertz CT molecular complexity index is 969. The number of benzene rings is 1. The van der Waals surface area contributed by atoms with Crippen molar-refractivity contribution >= 4 is 22.6 Å². The molecule has 6 nitrogen and oxygen atoms in total. The molecule has 0 amide bonds. The first-order valence-electron chi connectivity index (χ1n) is 8.30. The third kappa shape index (κ3) is 2.54. The van der Waals surface area contributed by atoms with Crippen molar-refractivity contribution in [2.24, 2.45) is 0 Å². The van der Waals surface area contributed by atoms with Gasteiger partial charge in [0.05, 0.1) is 16.9 Å². The van der Waals surface area contributed by atoms with Crippen LogP contribution in [0.4, 0.5) is 18.9 Å². The molecule has 138 valence electrons. The number of nitrogens with one attached hydrogen (secondary N) is 1. The van der Waals surface area contributed by atoms with Gasteiger partial charge in [0, 0.05) is 38.8 Å². The van der Waals surface area contributed by atoms with Gasteiger partial charge in [-0.25, -0.2) is 18.0 Å². The van der Waals surface area contributed by atoms with Crippen LogP contribution in [0.15, 0.2) is 17.1 Å². The molecule has 2 aromatic rings. The van der Waals surface area contributed by atoms with Crippen LogP contribution >= 0.6 is 0 Å². The summed E-state index contributed by atoms with van der Waals surface area (Å²) in [6.07, 6.45) is -0.203. The Kier molecular flexibility index (Phi) is 3.91. The Morgan fingerprint density at radius 3 is 2.50 bits per heavy atom. The van der Waals surface area contributed by atoms with E-state index in [1.807, 2.05) is 0 Å². The molecular weight excluding hydrogens is 351 g/mol. The summed E-state index contributed by atoms with van der Waals surface area (Å²) in [6, 6.07) is 0.100. The standard InChI is InChI=1S/C17H16F3N3O3/c18-10-6-12(10)23-7-9(17(25)26)16(24)8-5-11(19)15(13(20)14(8)23)22-3-1-21-2-4-22/h5,7,10,12,21H,1-4,6H2,(H,25,26)/t10-,12-/m1/s1. The number of hydrogen-bond acceptors (Lipinski definition) is 4. The van der Waals surface area contributed by atoms with Crippen LogP contribution in [0, 0.1) is 11.6 Å². The number of fused-ring (bicyclic) bond motifs is 1. The van der Waals surface area contributed by atoms with E-state index < -0.39 is 46.2 Å². The van der Waals surface area contributed by atoms with Gasteiger partial charge in [0.2, 0.25) is 5.43 Å². The number of carboxylic acid groups (broad SMARTS) is 1. The zero-order valence-corrected chi connectivity index (χ0v) is 13.6. The van der Waals surface area contributed by atoms with Crippen LogP contribution in [0.25, 0.3) is 10.9 Å². The van der Waals surface area contributed by atoms with E-state index in [0.29, 0.717) is 26.2 Å². The molecule has 9 heteroatoms. The molecule has 0 radical (unpaired) electrons. The summed E-state index contributed by atoms with van der Waals surface area (Å²) < 4.78 is 44.7. The van der Waals surface area contributed by atoms with Gasteiger partial charge in [0.25, 0.3) is 0 Å². The molecule has 1 saturated heterocycles. The number of hydrogen-bond donors (Lipinski definition) is 2. The zero-order valence-electron chi connectivity index (χ0n) is 13.6. The predicted octanol–water partition coefficient (Wildman–Crippen LogP) is 1.67. The maximum absolute atomic E-state index is 15.3. The van der Waals surface area contributed by atoms with E-state index in [4.69, 9.17) is 0 Å². The van der Waals surface area contributed by atoms with E-state index in [-0.39, 0.29) is 17.6 Å². The van der Waals surface area contributed by atoms with Crippen LogP contribution in [0.3, 0.4) is 0 Å². The van der Waals surface area contributed by atoms with Crippen molar-refractivity contribution in [3.63, 3.8) is 0 Å². The second-order valence-corrected chi connectivity index (χ2v) is 6.56. The normalized spacial score (nSPS) is 22.7. The van der Waals surface area contributed by atoms with Gasteiger partial charge in [0.15, 0.2) is 5.82 Å². The fourth-order valence-corrected chi connectivity index (χ4v) is 3.46. The Hall–Kier alpha value is -2.55. The van der Waals surface area contributed by atoms with Gasteiger partial charge in [0.1, 0.15) is 23.2 Å². The number of piperazine rings is 1.